The molecule has 0 amide bonds. The highest BCUT2D eigenvalue weighted by molar-refractivity contribution is 7.19. The summed E-state index contributed by atoms with van der Waals surface area (Å²) in [6, 6.07) is 49.2. The molecule has 0 saturated heterocycles. The van der Waals surface area contributed by atoms with Gasteiger partial charge in [-0.25, -0.2) is 0 Å². The number of thiophene rings is 1. The van der Waals surface area contributed by atoms with E-state index in [0.29, 0.717) is 0 Å². The van der Waals surface area contributed by atoms with Gasteiger partial charge in [0.2, 0.25) is 0 Å². The summed E-state index contributed by atoms with van der Waals surface area (Å²) in [6.07, 6.45) is 6.04. The molecular weight excluding hydrogens is 549 g/mol. The first-order valence-corrected chi connectivity index (χ1v) is 15.9. The van der Waals surface area contributed by atoms with Crippen LogP contribution in [-0.4, -0.2) is 0 Å². The van der Waals surface area contributed by atoms with Gasteiger partial charge in [-0.1, -0.05) is 140 Å². The van der Waals surface area contributed by atoms with Gasteiger partial charge in [-0.3, -0.25) is 0 Å². The van der Waals surface area contributed by atoms with Crippen molar-refractivity contribution >= 4 is 59.8 Å². The third-order valence-corrected chi connectivity index (χ3v) is 9.86. The average molecular weight is 579 g/mol. The Morgan fingerprint density at radius 2 is 1.14 bits per heavy atom. The minimum Gasteiger partial charge on any atom is -0.140 e. The van der Waals surface area contributed by atoms with Gasteiger partial charge in [-0.15, -0.1) is 11.3 Å². The van der Waals surface area contributed by atoms with Gasteiger partial charge >= 0.3 is 0 Å². The van der Waals surface area contributed by atoms with Crippen LogP contribution in [0.4, 0.5) is 0 Å². The van der Waals surface area contributed by atoms with Gasteiger partial charge < -0.3 is 0 Å². The molecule has 1 heteroatoms. The van der Waals surface area contributed by atoms with Crippen LogP contribution >= 0.6 is 11.3 Å². The summed E-state index contributed by atoms with van der Waals surface area (Å²) in [7, 11) is 0. The molecule has 0 fully saturated rings. The number of hydrogen-bond acceptors (Lipinski definition) is 1. The van der Waals surface area contributed by atoms with Gasteiger partial charge in [-0.2, -0.15) is 0 Å². The Labute approximate surface area is 261 Å². The molecule has 208 valence electrons. The lowest BCUT2D eigenvalue weighted by atomic mass is 9.84. The van der Waals surface area contributed by atoms with Gasteiger partial charge in [0.25, 0.3) is 0 Å². The molecule has 44 heavy (non-hydrogen) atoms. The minimum absolute atomic E-state index is 1.23. The van der Waals surface area contributed by atoms with Crippen LogP contribution in [-0.2, 0) is 0 Å². The van der Waals surface area contributed by atoms with E-state index < -0.39 is 0 Å². The monoisotopic (exact) mass is 578 g/mol. The lowest BCUT2D eigenvalue weighted by Gasteiger charge is -2.19. The van der Waals surface area contributed by atoms with E-state index in [9.17, 15) is 0 Å². The largest absolute Gasteiger partial charge is 0.140 e. The number of hydrogen-bond donors (Lipinski definition) is 0. The molecule has 0 unspecified atom stereocenters. The zero-order chi connectivity index (χ0) is 29.6. The third kappa shape index (κ3) is 4.28. The van der Waals surface area contributed by atoms with E-state index in [-0.39, 0.29) is 0 Å². The topological polar surface area (TPSA) is 0 Å². The fourth-order valence-corrected chi connectivity index (χ4v) is 7.90. The van der Waals surface area contributed by atoms with Gasteiger partial charge in [0.15, 0.2) is 0 Å². The first-order valence-electron chi connectivity index (χ1n) is 15.1. The lowest BCUT2D eigenvalue weighted by molar-refractivity contribution is 1.61. The van der Waals surface area contributed by atoms with Crippen molar-refractivity contribution in [2.24, 2.45) is 0 Å². The van der Waals surface area contributed by atoms with Gasteiger partial charge in [0.1, 0.15) is 0 Å². The van der Waals surface area contributed by atoms with Crippen molar-refractivity contribution in [3.63, 3.8) is 0 Å². The summed E-state index contributed by atoms with van der Waals surface area (Å²) >= 11 is 1.86. The Balaban J connectivity index is 1.44. The number of allylic oxidation sites excluding steroid dienone is 2. The van der Waals surface area contributed by atoms with Gasteiger partial charge in [0, 0.05) is 9.58 Å². The molecule has 0 spiro atoms. The van der Waals surface area contributed by atoms with Crippen LogP contribution in [0.15, 0.2) is 152 Å². The number of aryl methyl sites for hydroxylation is 1. The number of fused-ring (bicyclic) bond motifs is 4. The Kier molecular flexibility index (Phi) is 6.47. The predicted molar refractivity (Wildman–Crippen MR) is 195 cm³/mol. The minimum atomic E-state index is 1.23. The van der Waals surface area contributed by atoms with E-state index in [2.05, 4.69) is 153 Å². The second kappa shape index (κ2) is 10.8. The van der Waals surface area contributed by atoms with Crippen LogP contribution in [0.2, 0.25) is 0 Å². The molecule has 0 radical (unpaired) electrons. The van der Waals surface area contributed by atoms with Crippen LogP contribution in [0.3, 0.4) is 0 Å². The van der Waals surface area contributed by atoms with Crippen molar-refractivity contribution in [3.8, 4) is 33.4 Å². The summed E-state index contributed by atoms with van der Waals surface area (Å²) in [6.45, 7) is 6.06. The summed E-state index contributed by atoms with van der Waals surface area (Å²) in [5.74, 6) is 0. The van der Waals surface area contributed by atoms with Crippen molar-refractivity contribution in [1.82, 2.24) is 0 Å². The van der Waals surface area contributed by atoms with E-state index >= 15 is 0 Å². The van der Waals surface area contributed by atoms with Crippen molar-refractivity contribution in [1.29, 1.82) is 0 Å². The molecule has 1 heterocycles. The number of benzene rings is 7. The second-order valence-corrected chi connectivity index (χ2v) is 12.6. The molecule has 0 N–H and O–H groups in total. The first kappa shape index (κ1) is 26.4. The molecule has 8 aromatic rings. The Morgan fingerprint density at radius 1 is 0.523 bits per heavy atom. The van der Waals surface area contributed by atoms with Crippen LogP contribution in [0.25, 0.3) is 81.9 Å². The summed E-state index contributed by atoms with van der Waals surface area (Å²) < 4.78 is 1.31. The molecular formula is C43H30S. The van der Waals surface area contributed by atoms with Crippen molar-refractivity contribution in [2.45, 2.75) is 6.92 Å². The molecule has 7 aromatic carbocycles. The SMILES string of the molecule is C=C/C=C\c1c(C)sc2cc(-c3cc(-c4c5ccccc5c(-c5ccccc5)c5ccccc45)c4ccccc4c3)ccc12. The Morgan fingerprint density at radius 3 is 1.82 bits per heavy atom. The standard InChI is InChI=1S/C43H30S/c1-3-4-17-33-28(2)44-41-27-30(23-24-35(33)41)32-25-31-16-8-9-18-34(31)40(26-32)43-38-21-12-10-19-36(38)42(29-14-6-5-7-15-29)37-20-11-13-22-39(37)43/h3-27H,1H2,2H3/b17-4-. The fourth-order valence-electron chi connectivity index (χ4n) is 6.81. The highest BCUT2D eigenvalue weighted by Crippen LogP contribution is 2.46. The maximum atomic E-state index is 3.86. The molecule has 0 bridgehead atoms. The summed E-state index contributed by atoms with van der Waals surface area (Å²) in [5, 5.41) is 8.91. The zero-order valence-electron chi connectivity index (χ0n) is 24.5. The normalized spacial score (nSPS) is 11.8. The lowest BCUT2D eigenvalue weighted by Crippen LogP contribution is -1.92. The highest BCUT2D eigenvalue weighted by atomic mass is 32.1. The average Bonchev–Trinajstić information content (AvgIpc) is 3.39. The quantitative estimate of drug-likeness (QED) is 0.141. The molecule has 0 aliphatic carbocycles. The Bertz CT molecular complexity index is 2350. The smallest absolute Gasteiger partial charge is 0.0357 e. The van der Waals surface area contributed by atoms with E-state index in [1.807, 2.05) is 23.5 Å². The molecule has 1 aromatic heterocycles. The number of rotatable bonds is 5. The van der Waals surface area contributed by atoms with Crippen molar-refractivity contribution in [2.75, 3.05) is 0 Å². The van der Waals surface area contributed by atoms with Crippen LogP contribution in [0, 0.1) is 6.92 Å². The molecule has 0 aliphatic rings. The van der Waals surface area contributed by atoms with E-state index in [4.69, 9.17) is 0 Å². The van der Waals surface area contributed by atoms with E-state index in [1.54, 1.807) is 0 Å². The van der Waals surface area contributed by atoms with E-state index in [0.717, 1.165) is 0 Å². The van der Waals surface area contributed by atoms with E-state index in [1.165, 1.54) is 86.2 Å². The Hall–Kier alpha value is -5.24. The molecule has 0 aliphatic heterocycles. The summed E-state index contributed by atoms with van der Waals surface area (Å²) in [5.41, 5.74) is 8.84. The van der Waals surface area contributed by atoms with Crippen LogP contribution in [0.1, 0.15) is 10.4 Å². The molecule has 0 saturated carbocycles. The molecule has 8 rings (SSSR count). The second-order valence-electron chi connectivity index (χ2n) is 11.3. The van der Waals surface area contributed by atoms with Crippen LogP contribution < -0.4 is 0 Å². The molecule has 0 atom stereocenters. The van der Waals surface area contributed by atoms with Crippen molar-refractivity contribution in [3.05, 3.63) is 163 Å². The third-order valence-electron chi connectivity index (χ3n) is 8.77. The van der Waals surface area contributed by atoms with Crippen LogP contribution in [0.5, 0.6) is 0 Å². The fraction of sp³-hybridized carbons (Fsp3) is 0.0233. The predicted octanol–water partition coefficient (Wildman–Crippen LogP) is 12.9. The maximum absolute atomic E-state index is 3.86. The van der Waals surface area contributed by atoms with Crippen molar-refractivity contribution < 1.29 is 0 Å². The first-order chi connectivity index (χ1) is 21.7. The highest BCUT2D eigenvalue weighted by Gasteiger charge is 2.19. The van der Waals surface area contributed by atoms with Gasteiger partial charge in [-0.05, 0) is 102 Å². The van der Waals surface area contributed by atoms with Gasteiger partial charge in [0.05, 0.1) is 0 Å². The summed E-state index contributed by atoms with van der Waals surface area (Å²) in [4.78, 5) is 1.32. The maximum Gasteiger partial charge on any atom is 0.0357 e. The molecule has 0 nitrogen and oxygen atoms in total. The zero-order valence-corrected chi connectivity index (χ0v) is 25.4.